The first-order chi connectivity index (χ1) is 10.7. The van der Waals surface area contributed by atoms with E-state index in [1.807, 2.05) is 31.2 Å². The van der Waals surface area contributed by atoms with Crippen molar-refractivity contribution in [2.24, 2.45) is 0 Å². The van der Waals surface area contributed by atoms with Crippen molar-refractivity contribution in [3.05, 3.63) is 47.7 Å². The van der Waals surface area contributed by atoms with Crippen molar-refractivity contribution < 1.29 is 18.7 Å². The molecule has 0 aliphatic carbocycles. The Labute approximate surface area is 129 Å². The number of hydrogen-bond donors (Lipinski definition) is 1. The zero-order valence-corrected chi connectivity index (χ0v) is 12.7. The molecule has 1 amide bonds. The molecule has 5 heteroatoms. The first-order valence-corrected chi connectivity index (χ1v) is 7.25. The van der Waals surface area contributed by atoms with Crippen molar-refractivity contribution in [3.8, 4) is 11.3 Å². The SMILES string of the molecule is CO[C@H]1COC[C@@H]1NC(=O)c1ccc(-c2ccc(C)o2)cc1. The zero-order chi connectivity index (χ0) is 15.5. The minimum Gasteiger partial charge on any atom is -0.461 e. The Balaban J connectivity index is 1.68. The lowest BCUT2D eigenvalue weighted by molar-refractivity contribution is 0.0685. The van der Waals surface area contributed by atoms with E-state index in [1.54, 1.807) is 19.2 Å². The predicted octanol–water partition coefficient (Wildman–Crippen LogP) is 2.40. The fourth-order valence-electron chi connectivity index (χ4n) is 2.53. The number of benzene rings is 1. The van der Waals surface area contributed by atoms with Crippen molar-refractivity contribution >= 4 is 5.91 Å². The summed E-state index contributed by atoms with van der Waals surface area (Å²) in [5, 5.41) is 2.95. The molecule has 22 heavy (non-hydrogen) atoms. The molecule has 0 radical (unpaired) electrons. The van der Waals surface area contributed by atoms with Crippen LogP contribution in [0.3, 0.4) is 0 Å². The summed E-state index contributed by atoms with van der Waals surface area (Å²) in [7, 11) is 1.62. The number of amides is 1. The third-order valence-electron chi connectivity index (χ3n) is 3.82. The molecule has 1 aromatic heterocycles. The summed E-state index contributed by atoms with van der Waals surface area (Å²) in [6.45, 7) is 2.90. The summed E-state index contributed by atoms with van der Waals surface area (Å²) >= 11 is 0. The van der Waals surface area contributed by atoms with Gasteiger partial charge in [-0.3, -0.25) is 4.79 Å². The second kappa shape index (κ2) is 6.34. The average Bonchev–Trinajstić information content (AvgIpc) is 3.16. The molecule has 0 unspecified atom stereocenters. The van der Waals surface area contributed by atoms with Crippen LogP contribution in [0, 0.1) is 6.92 Å². The summed E-state index contributed by atoms with van der Waals surface area (Å²) in [6, 6.07) is 11.1. The highest BCUT2D eigenvalue weighted by Gasteiger charge is 2.29. The van der Waals surface area contributed by atoms with Crippen LogP contribution in [0.1, 0.15) is 16.1 Å². The summed E-state index contributed by atoms with van der Waals surface area (Å²) in [4.78, 5) is 12.3. The number of methoxy groups -OCH3 is 1. The molecule has 5 nitrogen and oxygen atoms in total. The summed E-state index contributed by atoms with van der Waals surface area (Å²) < 4.78 is 16.2. The van der Waals surface area contributed by atoms with Gasteiger partial charge in [-0.05, 0) is 31.2 Å². The lowest BCUT2D eigenvalue weighted by Gasteiger charge is -2.17. The first kappa shape index (κ1) is 14.8. The number of hydrogen-bond acceptors (Lipinski definition) is 4. The maximum atomic E-state index is 12.3. The van der Waals surface area contributed by atoms with Crippen molar-refractivity contribution in [2.45, 2.75) is 19.1 Å². The van der Waals surface area contributed by atoms with Crippen LogP contribution in [-0.2, 0) is 9.47 Å². The van der Waals surface area contributed by atoms with E-state index in [4.69, 9.17) is 13.9 Å². The number of carbonyl (C=O) groups excluding carboxylic acids is 1. The molecule has 2 heterocycles. The Morgan fingerprint density at radius 1 is 1.18 bits per heavy atom. The summed E-state index contributed by atoms with van der Waals surface area (Å²) in [5.41, 5.74) is 1.55. The van der Waals surface area contributed by atoms with Gasteiger partial charge in [-0.15, -0.1) is 0 Å². The number of aryl methyl sites for hydroxylation is 1. The fourth-order valence-corrected chi connectivity index (χ4v) is 2.53. The molecule has 1 aliphatic heterocycles. The van der Waals surface area contributed by atoms with Crippen LogP contribution in [-0.4, -0.2) is 38.4 Å². The van der Waals surface area contributed by atoms with Crippen molar-refractivity contribution in [3.63, 3.8) is 0 Å². The van der Waals surface area contributed by atoms with Crippen LogP contribution >= 0.6 is 0 Å². The highest BCUT2D eigenvalue weighted by atomic mass is 16.5. The van der Waals surface area contributed by atoms with Gasteiger partial charge >= 0.3 is 0 Å². The van der Waals surface area contributed by atoms with Gasteiger partial charge in [-0.2, -0.15) is 0 Å². The second-order valence-corrected chi connectivity index (χ2v) is 5.38. The predicted molar refractivity (Wildman–Crippen MR) is 81.8 cm³/mol. The minimum atomic E-state index is -0.125. The van der Waals surface area contributed by atoms with Gasteiger partial charge in [0.1, 0.15) is 17.6 Å². The van der Waals surface area contributed by atoms with E-state index in [0.29, 0.717) is 18.8 Å². The molecule has 1 aromatic carbocycles. The third kappa shape index (κ3) is 3.05. The van der Waals surface area contributed by atoms with E-state index < -0.39 is 0 Å². The van der Waals surface area contributed by atoms with Crippen LogP contribution in [0.5, 0.6) is 0 Å². The smallest absolute Gasteiger partial charge is 0.251 e. The van der Waals surface area contributed by atoms with Crippen LogP contribution in [0.2, 0.25) is 0 Å². The number of carbonyl (C=O) groups is 1. The molecule has 1 aliphatic rings. The van der Waals surface area contributed by atoms with Gasteiger partial charge in [0.15, 0.2) is 0 Å². The number of ether oxygens (including phenoxy) is 2. The number of rotatable bonds is 4. The molecule has 116 valence electrons. The molecule has 3 rings (SSSR count). The molecule has 2 aromatic rings. The third-order valence-corrected chi connectivity index (χ3v) is 3.82. The van der Waals surface area contributed by atoms with E-state index in [2.05, 4.69) is 5.32 Å². The fraction of sp³-hybridized carbons (Fsp3) is 0.353. The maximum absolute atomic E-state index is 12.3. The van der Waals surface area contributed by atoms with Gasteiger partial charge in [0.2, 0.25) is 0 Å². The standard InChI is InChI=1S/C17H19NO4/c1-11-3-8-15(22-11)12-4-6-13(7-5-12)17(19)18-14-9-21-10-16(14)20-2/h3-8,14,16H,9-10H2,1-2H3,(H,18,19)/t14-,16-/m0/s1. The molecule has 1 saturated heterocycles. The average molecular weight is 301 g/mol. The highest BCUT2D eigenvalue weighted by Crippen LogP contribution is 2.22. The quantitative estimate of drug-likeness (QED) is 0.942. The Morgan fingerprint density at radius 3 is 2.59 bits per heavy atom. The second-order valence-electron chi connectivity index (χ2n) is 5.38. The minimum absolute atomic E-state index is 0.0886. The van der Waals surface area contributed by atoms with Crippen LogP contribution in [0.25, 0.3) is 11.3 Å². The highest BCUT2D eigenvalue weighted by molar-refractivity contribution is 5.94. The zero-order valence-electron chi connectivity index (χ0n) is 12.7. The van der Waals surface area contributed by atoms with Gasteiger partial charge in [0, 0.05) is 18.2 Å². The largest absolute Gasteiger partial charge is 0.461 e. The van der Waals surface area contributed by atoms with E-state index in [0.717, 1.165) is 17.1 Å². The van der Waals surface area contributed by atoms with Crippen LogP contribution in [0.4, 0.5) is 0 Å². The van der Waals surface area contributed by atoms with Gasteiger partial charge in [0.05, 0.1) is 19.3 Å². The van der Waals surface area contributed by atoms with Gasteiger partial charge < -0.3 is 19.2 Å². The molecule has 2 atom stereocenters. The van der Waals surface area contributed by atoms with Gasteiger partial charge in [-0.1, -0.05) is 12.1 Å². The lowest BCUT2D eigenvalue weighted by Crippen LogP contribution is -2.43. The van der Waals surface area contributed by atoms with E-state index in [1.165, 1.54) is 0 Å². The van der Waals surface area contributed by atoms with Crippen molar-refractivity contribution in [2.75, 3.05) is 20.3 Å². The topological polar surface area (TPSA) is 60.7 Å². The Morgan fingerprint density at radius 2 is 1.95 bits per heavy atom. The Kier molecular flexibility index (Phi) is 4.27. The first-order valence-electron chi connectivity index (χ1n) is 7.25. The molecular weight excluding hydrogens is 282 g/mol. The maximum Gasteiger partial charge on any atom is 0.251 e. The molecule has 1 fully saturated rings. The van der Waals surface area contributed by atoms with Gasteiger partial charge in [0.25, 0.3) is 5.91 Å². The summed E-state index contributed by atoms with van der Waals surface area (Å²) in [5.74, 6) is 1.54. The Hall–Kier alpha value is -2.11. The summed E-state index contributed by atoms with van der Waals surface area (Å²) in [6.07, 6.45) is -0.0886. The Bertz CT molecular complexity index is 647. The van der Waals surface area contributed by atoms with Crippen LogP contribution in [0.15, 0.2) is 40.8 Å². The van der Waals surface area contributed by atoms with Gasteiger partial charge in [-0.25, -0.2) is 0 Å². The van der Waals surface area contributed by atoms with Crippen molar-refractivity contribution in [1.29, 1.82) is 0 Å². The normalized spacial score (nSPS) is 21.0. The van der Waals surface area contributed by atoms with E-state index in [-0.39, 0.29) is 18.1 Å². The lowest BCUT2D eigenvalue weighted by atomic mass is 10.1. The number of nitrogens with one attached hydrogen (secondary N) is 1. The molecule has 0 saturated carbocycles. The van der Waals surface area contributed by atoms with Crippen molar-refractivity contribution in [1.82, 2.24) is 5.32 Å². The van der Waals surface area contributed by atoms with E-state index >= 15 is 0 Å². The molecule has 0 spiro atoms. The molecular formula is C17H19NO4. The van der Waals surface area contributed by atoms with Crippen LogP contribution < -0.4 is 5.32 Å². The monoisotopic (exact) mass is 301 g/mol. The van der Waals surface area contributed by atoms with E-state index in [9.17, 15) is 4.79 Å². The molecule has 1 N–H and O–H groups in total. The molecule has 0 bridgehead atoms. The number of furan rings is 1.